The summed E-state index contributed by atoms with van der Waals surface area (Å²) in [6.45, 7) is 5.39. The number of hydrogen-bond donors (Lipinski definition) is 2. The van der Waals surface area contributed by atoms with E-state index in [2.05, 4.69) is 64.7 Å². The molecule has 0 radical (unpaired) electrons. The van der Waals surface area contributed by atoms with E-state index in [-0.39, 0.29) is 6.10 Å². The Morgan fingerprint density at radius 1 is 1.24 bits per heavy atom. The summed E-state index contributed by atoms with van der Waals surface area (Å²) < 4.78 is 6.09. The minimum atomic E-state index is 0.169. The number of ether oxygens (including phenoxy) is 1. The van der Waals surface area contributed by atoms with Crippen LogP contribution in [0.2, 0.25) is 0 Å². The number of aliphatic imine (C=N–C) groups is 1. The maximum Gasteiger partial charge on any atom is 0.191 e. The molecule has 2 unspecified atom stereocenters. The highest BCUT2D eigenvalue weighted by Gasteiger charge is 2.27. The van der Waals surface area contributed by atoms with Crippen molar-refractivity contribution in [2.75, 3.05) is 19.7 Å². The number of hydrogen-bond acceptors (Lipinski definition) is 3. The van der Waals surface area contributed by atoms with Crippen LogP contribution in [0.5, 0.6) is 0 Å². The summed E-state index contributed by atoms with van der Waals surface area (Å²) in [5, 5.41) is 11.1. The van der Waals surface area contributed by atoms with Crippen molar-refractivity contribution in [3.63, 3.8) is 0 Å². The molecule has 1 aliphatic rings. The number of nitrogens with zero attached hydrogens (tertiary/aromatic N) is 1. The fourth-order valence-corrected chi connectivity index (χ4v) is 3.85. The normalized spacial score (nSPS) is 21.1. The van der Waals surface area contributed by atoms with Gasteiger partial charge in [-0.3, -0.25) is 0 Å². The largest absolute Gasteiger partial charge is 0.373 e. The van der Waals surface area contributed by atoms with Crippen LogP contribution < -0.4 is 10.6 Å². The maximum absolute atomic E-state index is 6.09. The second kappa shape index (κ2) is 9.59. The maximum atomic E-state index is 6.09. The van der Waals surface area contributed by atoms with Crippen LogP contribution in [0.15, 0.2) is 52.2 Å². The van der Waals surface area contributed by atoms with Gasteiger partial charge in [0.1, 0.15) is 0 Å². The Morgan fingerprint density at radius 3 is 2.88 bits per heavy atom. The van der Waals surface area contributed by atoms with E-state index in [0.29, 0.717) is 12.5 Å². The second-order valence-corrected chi connectivity index (χ2v) is 7.09. The van der Waals surface area contributed by atoms with Crippen molar-refractivity contribution in [1.29, 1.82) is 0 Å². The molecule has 5 heteroatoms. The minimum Gasteiger partial charge on any atom is -0.373 e. The fraction of sp³-hybridized carbons (Fsp3) is 0.450. The van der Waals surface area contributed by atoms with Gasteiger partial charge in [-0.2, -0.15) is 11.3 Å². The van der Waals surface area contributed by atoms with Gasteiger partial charge in [-0.15, -0.1) is 0 Å². The zero-order chi connectivity index (χ0) is 17.3. The molecule has 0 spiro atoms. The lowest BCUT2D eigenvalue weighted by Gasteiger charge is -2.32. The number of guanidine groups is 1. The van der Waals surface area contributed by atoms with Crippen LogP contribution in [-0.2, 0) is 11.3 Å². The van der Waals surface area contributed by atoms with Crippen LogP contribution in [0.3, 0.4) is 0 Å². The van der Waals surface area contributed by atoms with E-state index in [4.69, 9.17) is 9.73 Å². The Bertz CT molecular complexity index is 642. The highest BCUT2D eigenvalue weighted by Crippen LogP contribution is 2.33. The zero-order valence-electron chi connectivity index (χ0n) is 14.8. The van der Waals surface area contributed by atoms with Gasteiger partial charge in [0.2, 0.25) is 0 Å². The van der Waals surface area contributed by atoms with E-state index < -0.39 is 0 Å². The van der Waals surface area contributed by atoms with Crippen LogP contribution in [0.1, 0.15) is 37.0 Å². The molecule has 0 aliphatic carbocycles. The molecule has 25 heavy (non-hydrogen) atoms. The average molecular weight is 358 g/mol. The van der Waals surface area contributed by atoms with Crippen molar-refractivity contribution in [2.24, 2.45) is 10.9 Å². The smallest absolute Gasteiger partial charge is 0.191 e. The Labute approximate surface area is 154 Å². The molecule has 2 N–H and O–H groups in total. The van der Waals surface area contributed by atoms with Crippen LogP contribution in [0.25, 0.3) is 0 Å². The molecule has 2 atom stereocenters. The molecule has 1 fully saturated rings. The van der Waals surface area contributed by atoms with Gasteiger partial charge in [-0.25, -0.2) is 4.99 Å². The van der Waals surface area contributed by atoms with Gasteiger partial charge >= 0.3 is 0 Å². The molecule has 4 nitrogen and oxygen atoms in total. The molecule has 134 valence electrons. The van der Waals surface area contributed by atoms with Crippen LogP contribution >= 0.6 is 11.3 Å². The van der Waals surface area contributed by atoms with Crippen molar-refractivity contribution >= 4 is 17.3 Å². The van der Waals surface area contributed by atoms with Gasteiger partial charge in [-0.1, -0.05) is 30.3 Å². The first-order valence-electron chi connectivity index (χ1n) is 9.06. The van der Waals surface area contributed by atoms with Gasteiger partial charge in [0.25, 0.3) is 0 Å². The molecule has 2 aromatic rings. The molecule has 0 bridgehead atoms. The summed E-state index contributed by atoms with van der Waals surface area (Å²) in [7, 11) is 0. The topological polar surface area (TPSA) is 45.7 Å². The molecule has 0 amide bonds. The predicted octanol–water partition coefficient (Wildman–Crippen LogP) is 3.97. The third-order valence-electron chi connectivity index (χ3n) is 4.45. The van der Waals surface area contributed by atoms with Gasteiger partial charge < -0.3 is 15.4 Å². The number of rotatable bonds is 6. The second-order valence-electron chi connectivity index (χ2n) is 6.31. The molecule has 0 saturated carbocycles. The highest BCUT2D eigenvalue weighted by atomic mass is 32.1. The van der Waals surface area contributed by atoms with E-state index in [0.717, 1.165) is 32.1 Å². The molecule has 1 aromatic carbocycles. The molecule has 2 heterocycles. The summed E-state index contributed by atoms with van der Waals surface area (Å²) in [5.41, 5.74) is 2.53. The van der Waals surface area contributed by atoms with Crippen molar-refractivity contribution < 1.29 is 4.74 Å². The first kappa shape index (κ1) is 18.0. The van der Waals surface area contributed by atoms with Gasteiger partial charge in [0.15, 0.2) is 5.96 Å². The number of nitrogens with one attached hydrogen (secondary N) is 2. The summed E-state index contributed by atoms with van der Waals surface area (Å²) in [6, 6.07) is 12.7. The van der Waals surface area contributed by atoms with Crippen molar-refractivity contribution in [2.45, 2.75) is 32.4 Å². The van der Waals surface area contributed by atoms with Gasteiger partial charge in [-0.05, 0) is 47.7 Å². The SMILES string of the molecule is CCNC(=NCc1ccsc1)NCC1CCCOC1c1ccccc1. The molecular formula is C20H27N3OS. The van der Waals surface area contributed by atoms with E-state index >= 15 is 0 Å². The number of thiophene rings is 1. The van der Waals surface area contributed by atoms with Crippen molar-refractivity contribution in [3.8, 4) is 0 Å². The molecule has 3 rings (SSSR count). The first-order valence-corrected chi connectivity index (χ1v) is 10.0. The quantitative estimate of drug-likeness (QED) is 0.607. The average Bonchev–Trinajstić information content (AvgIpc) is 3.18. The lowest BCUT2D eigenvalue weighted by Crippen LogP contribution is -2.42. The van der Waals surface area contributed by atoms with E-state index in [1.54, 1.807) is 11.3 Å². The molecule has 1 aromatic heterocycles. The monoisotopic (exact) mass is 357 g/mol. The van der Waals surface area contributed by atoms with E-state index in [1.165, 1.54) is 17.5 Å². The summed E-state index contributed by atoms with van der Waals surface area (Å²) in [4.78, 5) is 4.70. The van der Waals surface area contributed by atoms with Gasteiger partial charge in [0, 0.05) is 25.6 Å². The number of benzene rings is 1. The Hall–Kier alpha value is -1.85. The third kappa shape index (κ3) is 5.31. The Kier molecular flexibility index (Phi) is 6.89. The first-order chi connectivity index (χ1) is 12.4. The van der Waals surface area contributed by atoms with Crippen molar-refractivity contribution in [3.05, 3.63) is 58.3 Å². The highest BCUT2D eigenvalue weighted by molar-refractivity contribution is 7.07. The summed E-state index contributed by atoms with van der Waals surface area (Å²) in [5.74, 6) is 1.34. The Morgan fingerprint density at radius 2 is 2.12 bits per heavy atom. The lowest BCUT2D eigenvalue weighted by molar-refractivity contribution is -0.0265. The minimum absolute atomic E-state index is 0.169. The Balaban J connectivity index is 1.61. The zero-order valence-corrected chi connectivity index (χ0v) is 15.6. The molecule has 1 saturated heterocycles. The van der Waals surface area contributed by atoms with Crippen LogP contribution in [-0.4, -0.2) is 25.7 Å². The van der Waals surface area contributed by atoms with Crippen LogP contribution in [0.4, 0.5) is 0 Å². The predicted molar refractivity (Wildman–Crippen MR) is 105 cm³/mol. The van der Waals surface area contributed by atoms with Gasteiger partial charge in [0.05, 0.1) is 12.6 Å². The van der Waals surface area contributed by atoms with E-state index in [9.17, 15) is 0 Å². The van der Waals surface area contributed by atoms with Crippen molar-refractivity contribution in [1.82, 2.24) is 10.6 Å². The summed E-state index contributed by atoms with van der Waals surface area (Å²) in [6.07, 6.45) is 2.47. The molecule has 1 aliphatic heterocycles. The standard InChI is InChI=1S/C20H27N3OS/c1-2-21-20(22-13-16-10-12-25-15-16)23-14-18-9-6-11-24-19(18)17-7-4-3-5-8-17/h3-5,7-8,10,12,15,18-19H,2,6,9,11,13-14H2,1H3,(H2,21,22,23). The third-order valence-corrected chi connectivity index (χ3v) is 5.18. The lowest BCUT2D eigenvalue weighted by atomic mass is 9.89. The van der Waals surface area contributed by atoms with E-state index in [1.807, 2.05) is 0 Å². The summed E-state index contributed by atoms with van der Waals surface area (Å²) >= 11 is 1.71. The molecular weight excluding hydrogens is 330 g/mol. The fourth-order valence-electron chi connectivity index (χ4n) is 3.19. The van der Waals surface area contributed by atoms with Crippen LogP contribution in [0, 0.1) is 5.92 Å².